The largest absolute Gasteiger partial charge is 0.326 e. The second kappa shape index (κ2) is 5.56. The van der Waals surface area contributed by atoms with E-state index in [4.69, 9.17) is 11.6 Å². The fourth-order valence-corrected chi connectivity index (χ4v) is 6.32. The van der Waals surface area contributed by atoms with Gasteiger partial charge in [0.1, 0.15) is 12.7 Å². The Balaban J connectivity index is 1.46. The number of carbonyl (C=O) groups is 1. The summed E-state index contributed by atoms with van der Waals surface area (Å²) in [5.74, 6) is 1.36. The Hall–Kier alpha value is -1.88. The summed E-state index contributed by atoms with van der Waals surface area (Å²) >= 11 is 6.24. The summed E-state index contributed by atoms with van der Waals surface area (Å²) < 4.78 is 2.04. The number of halogens is 1. The number of nitrogens with one attached hydrogen (secondary N) is 1. The average Bonchev–Trinajstić information content (AvgIpc) is 3.12. The number of hydrogen-bond donors (Lipinski definition) is 1. The van der Waals surface area contributed by atoms with Gasteiger partial charge in [-0.25, -0.2) is 9.67 Å². The molecular formula is C20H23ClN4O. The minimum absolute atomic E-state index is 0.0388. The molecular weight excluding hydrogens is 348 g/mol. The summed E-state index contributed by atoms with van der Waals surface area (Å²) in [6.45, 7) is 1.97. The molecule has 136 valence electrons. The minimum Gasteiger partial charge on any atom is -0.326 e. The normalized spacial score (nSPS) is 34.8. The lowest BCUT2D eigenvalue weighted by Crippen LogP contribution is -2.60. The lowest BCUT2D eigenvalue weighted by atomic mass is 9.46. The van der Waals surface area contributed by atoms with Crippen LogP contribution in [0.2, 0.25) is 5.02 Å². The van der Waals surface area contributed by atoms with Crippen LogP contribution in [0.25, 0.3) is 0 Å². The minimum atomic E-state index is -0.298. The van der Waals surface area contributed by atoms with E-state index < -0.39 is 0 Å². The molecule has 2 aromatic rings. The number of amides is 1. The van der Waals surface area contributed by atoms with Crippen molar-refractivity contribution in [2.75, 3.05) is 5.32 Å². The van der Waals surface area contributed by atoms with Crippen LogP contribution >= 0.6 is 11.6 Å². The third kappa shape index (κ3) is 2.40. The van der Waals surface area contributed by atoms with E-state index in [0.717, 1.165) is 43.4 Å². The van der Waals surface area contributed by atoms with Crippen molar-refractivity contribution in [2.24, 2.45) is 17.3 Å². The van der Waals surface area contributed by atoms with Gasteiger partial charge in [-0.2, -0.15) is 5.10 Å². The SMILES string of the molecule is Cc1ccc(NC(=O)C23C[C@H]4C[C@@H](C2)CC(n2cncn2)(C4)C3)cc1Cl. The molecule has 4 atom stereocenters. The molecule has 1 aromatic heterocycles. The van der Waals surface area contributed by atoms with Gasteiger partial charge in [-0.05, 0) is 75.0 Å². The summed E-state index contributed by atoms with van der Waals surface area (Å²) in [5.41, 5.74) is 1.47. The topological polar surface area (TPSA) is 59.8 Å². The van der Waals surface area contributed by atoms with Crippen LogP contribution in [0.1, 0.15) is 44.1 Å². The van der Waals surface area contributed by atoms with Crippen LogP contribution < -0.4 is 5.32 Å². The monoisotopic (exact) mass is 370 g/mol. The number of anilines is 1. The van der Waals surface area contributed by atoms with E-state index in [1.54, 1.807) is 6.33 Å². The highest BCUT2D eigenvalue weighted by molar-refractivity contribution is 6.31. The molecule has 4 fully saturated rings. The molecule has 1 aromatic carbocycles. The summed E-state index contributed by atoms with van der Waals surface area (Å²) in [5, 5.41) is 8.31. The molecule has 4 aliphatic carbocycles. The number of hydrogen-bond acceptors (Lipinski definition) is 3. The number of carbonyl (C=O) groups excluding carboxylic acids is 1. The Bertz CT molecular complexity index is 849. The Kier molecular flexibility index (Phi) is 3.48. The second-order valence-corrected chi connectivity index (χ2v) is 9.13. The molecule has 26 heavy (non-hydrogen) atoms. The Morgan fingerprint density at radius 1 is 1.27 bits per heavy atom. The van der Waals surface area contributed by atoms with Gasteiger partial charge < -0.3 is 5.32 Å². The van der Waals surface area contributed by atoms with Gasteiger partial charge in [-0.3, -0.25) is 4.79 Å². The molecule has 2 unspecified atom stereocenters. The molecule has 4 aliphatic rings. The molecule has 1 heterocycles. The van der Waals surface area contributed by atoms with E-state index in [2.05, 4.69) is 15.4 Å². The fraction of sp³-hybridized carbons (Fsp3) is 0.550. The molecule has 4 bridgehead atoms. The lowest BCUT2D eigenvalue weighted by molar-refractivity contribution is -0.150. The maximum Gasteiger partial charge on any atom is 0.230 e. The molecule has 5 nitrogen and oxygen atoms in total. The van der Waals surface area contributed by atoms with Crippen LogP contribution in [0.15, 0.2) is 30.9 Å². The first-order valence-corrected chi connectivity index (χ1v) is 9.79. The van der Waals surface area contributed by atoms with Crippen LogP contribution in [0.4, 0.5) is 5.69 Å². The smallest absolute Gasteiger partial charge is 0.230 e. The van der Waals surface area contributed by atoms with Crippen molar-refractivity contribution in [1.82, 2.24) is 14.8 Å². The maximum atomic E-state index is 13.4. The van der Waals surface area contributed by atoms with Crippen LogP contribution in [0.5, 0.6) is 0 Å². The van der Waals surface area contributed by atoms with Gasteiger partial charge in [-0.1, -0.05) is 17.7 Å². The summed E-state index contributed by atoms with van der Waals surface area (Å²) in [4.78, 5) is 17.5. The third-order valence-corrected chi connectivity index (χ3v) is 7.25. The van der Waals surface area contributed by atoms with Crippen molar-refractivity contribution in [3.05, 3.63) is 41.4 Å². The summed E-state index contributed by atoms with van der Waals surface area (Å²) in [6, 6.07) is 5.74. The Morgan fingerprint density at radius 3 is 2.69 bits per heavy atom. The fourth-order valence-electron chi connectivity index (χ4n) is 6.14. The average molecular weight is 371 g/mol. The van der Waals surface area contributed by atoms with Gasteiger partial charge in [0, 0.05) is 10.7 Å². The highest BCUT2D eigenvalue weighted by Gasteiger charge is 2.61. The standard InChI is InChI=1S/C20H23ClN4O/c1-13-2-3-16(5-17(13)21)24-18(26)19-6-14-4-15(7-19)9-20(8-14,10-19)25-12-22-11-23-25/h2-3,5,11-12,14-15H,4,6-10H2,1H3,(H,24,26)/t14-,15+,19?,20?. The van der Waals surface area contributed by atoms with E-state index in [9.17, 15) is 4.79 Å². The van der Waals surface area contributed by atoms with Crippen LogP contribution in [-0.4, -0.2) is 20.7 Å². The first kappa shape index (κ1) is 16.3. The first-order valence-electron chi connectivity index (χ1n) is 9.41. The Morgan fingerprint density at radius 2 is 2.04 bits per heavy atom. The molecule has 0 saturated heterocycles. The van der Waals surface area contributed by atoms with Gasteiger partial charge in [0.25, 0.3) is 0 Å². The number of benzene rings is 1. The molecule has 4 saturated carbocycles. The lowest BCUT2D eigenvalue weighted by Gasteiger charge is -2.60. The molecule has 6 heteroatoms. The van der Waals surface area contributed by atoms with E-state index in [1.807, 2.05) is 36.1 Å². The Labute approximate surface area is 158 Å². The van der Waals surface area contributed by atoms with E-state index in [-0.39, 0.29) is 16.9 Å². The van der Waals surface area contributed by atoms with Crippen LogP contribution in [0, 0.1) is 24.2 Å². The number of aryl methyl sites for hydroxylation is 1. The van der Waals surface area contributed by atoms with Crippen LogP contribution in [-0.2, 0) is 10.3 Å². The van der Waals surface area contributed by atoms with Gasteiger partial charge in [-0.15, -0.1) is 0 Å². The van der Waals surface area contributed by atoms with Gasteiger partial charge >= 0.3 is 0 Å². The number of nitrogens with zero attached hydrogens (tertiary/aromatic N) is 3. The van der Waals surface area contributed by atoms with Crippen molar-refractivity contribution in [3.8, 4) is 0 Å². The number of rotatable bonds is 3. The molecule has 6 rings (SSSR count). The maximum absolute atomic E-state index is 13.4. The predicted octanol–water partition coefficient (Wildman–Crippen LogP) is 4.17. The number of aromatic nitrogens is 3. The van der Waals surface area contributed by atoms with Crippen molar-refractivity contribution >= 4 is 23.2 Å². The van der Waals surface area contributed by atoms with Gasteiger partial charge in [0.2, 0.25) is 5.91 Å². The van der Waals surface area contributed by atoms with Crippen molar-refractivity contribution in [3.63, 3.8) is 0 Å². The second-order valence-electron chi connectivity index (χ2n) is 8.72. The molecule has 1 N–H and O–H groups in total. The van der Waals surface area contributed by atoms with Gasteiger partial charge in [0.05, 0.1) is 11.0 Å². The zero-order chi connectivity index (χ0) is 17.9. The van der Waals surface area contributed by atoms with Gasteiger partial charge in [0.15, 0.2) is 0 Å². The zero-order valence-corrected chi connectivity index (χ0v) is 15.7. The van der Waals surface area contributed by atoms with E-state index in [1.165, 1.54) is 6.42 Å². The highest BCUT2D eigenvalue weighted by Crippen LogP contribution is 2.64. The van der Waals surface area contributed by atoms with Crippen molar-refractivity contribution in [2.45, 2.75) is 51.0 Å². The summed E-state index contributed by atoms with van der Waals surface area (Å²) in [6.07, 6.45) is 9.79. The van der Waals surface area contributed by atoms with E-state index in [0.29, 0.717) is 16.9 Å². The predicted molar refractivity (Wildman–Crippen MR) is 99.9 cm³/mol. The van der Waals surface area contributed by atoms with Crippen molar-refractivity contribution in [1.29, 1.82) is 0 Å². The summed E-state index contributed by atoms with van der Waals surface area (Å²) in [7, 11) is 0. The first-order chi connectivity index (χ1) is 12.5. The molecule has 0 aliphatic heterocycles. The molecule has 0 radical (unpaired) electrons. The van der Waals surface area contributed by atoms with Crippen LogP contribution in [0.3, 0.4) is 0 Å². The molecule has 0 spiro atoms. The zero-order valence-electron chi connectivity index (χ0n) is 14.9. The van der Waals surface area contributed by atoms with Crippen molar-refractivity contribution < 1.29 is 4.79 Å². The highest BCUT2D eigenvalue weighted by atomic mass is 35.5. The van der Waals surface area contributed by atoms with E-state index >= 15 is 0 Å². The molecule has 1 amide bonds. The third-order valence-electron chi connectivity index (χ3n) is 6.85. The quantitative estimate of drug-likeness (QED) is 0.881.